The van der Waals surface area contributed by atoms with Gasteiger partial charge >= 0.3 is 0 Å². The van der Waals surface area contributed by atoms with Gasteiger partial charge in [-0.2, -0.15) is 0 Å². The summed E-state index contributed by atoms with van der Waals surface area (Å²) in [5, 5.41) is 1.69. The van der Waals surface area contributed by atoms with Crippen molar-refractivity contribution in [3.63, 3.8) is 0 Å². The first-order chi connectivity index (χ1) is 16.5. The third kappa shape index (κ3) is 3.17. The van der Waals surface area contributed by atoms with Gasteiger partial charge in [-0.15, -0.1) is 0 Å². The Hall–Kier alpha value is -3.48. The van der Waals surface area contributed by atoms with Gasteiger partial charge in [-0.1, -0.05) is 86.5 Å². The maximum atomic E-state index is 14.0. The lowest BCUT2D eigenvalue weighted by Crippen LogP contribution is -2.32. The number of fused-ring (bicyclic) bond motifs is 4. The Morgan fingerprint density at radius 1 is 0.500 bits per heavy atom. The van der Waals surface area contributed by atoms with Crippen LogP contribution in [0, 0.1) is 0 Å². The molecule has 0 saturated carbocycles. The number of nitrogens with zero attached hydrogens (tertiary/aromatic N) is 2. The topological polar surface area (TPSA) is 43.0 Å². The standard InChI is InChI=1S/C28H16Br2N2O2/c29-19-13-9-17(10-14-19)25-23-7-3-4-8-24(23)31-27(33)21-5-1-2-6-22(21)28(34)32(31)26(25)18-11-15-20(30)16-12-18/h1-16H. The monoisotopic (exact) mass is 570 g/mol. The summed E-state index contributed by atoms with van der Waals surface area (Å²) in [4.78, 5) is 27.7. The zero-order chi connectivity index (χ0) is 23.4. The lowest BCUT2D eigenvalue weighted by molar-refractivity contribution is 0.780. The average Bonchev–Trinajstić information content (AvgIpc) is 2.87. The summed E-state index contributed by atoms with van der Waals surface area (Å²) in [6.45, 7) is 0. The van der Waals surface area contributed by atoms with E-state index < -0.39 is 0 Å². The van der Waals surface area contributed by atoms with Crippen LogP contribution in [-0.4, -0.2) is 9.03 Å². The summed E-state index contributed by atoms with van der Waals surface area (Å²) in [5.41, 5.74) is 3.55. The molecule has 4 aromatic carbocycles. The molecule has 0 aliphatic heterocycles. The average molecular weight is 572 g/mol. The lowest BCUT2D eigenvalue weighted by Gasteiger charge is -2.20. The second-order valence-electron chi connectivity index (χ2n) is 8.03. The van der Waals surface area contributed by atoms with Gasteiger partial charge in [0.05, 0.1) is 22.0 Å². The van der Waals surface area contributed by atoms with Crippen LogP contribution in [0.3, 0.4) is 0 Å². The van der Waals surface area contributed by atoms with Crippen molar-refractivity contribution in [1.82, 2.24) is 9.03 Å². The van der Waals surface area contributed by atoms with E-state index in [9.17, 15) is 9.59 Å². The Labute approximate surface area is 211 Å². The first-order valence-electron chi connectivity index (χ1n) is 10.7. The van der Waals surface area contributed by atoms with Crippen LogP contribution in [0.5, 0.6) is 0 Å². The first-order valence-corrected chi connectivity index (χ1v) is 12.3. The van der Waals surface area contributed by atoms with Gasteiger partial charge in [-0.05, 0) is 48.0 Å². The molecule has 2 heterocycles. The minimum Gasteiger partial charge on any atom is -0.267 e. The fourth-order valence-electron chi connectivity index (χ4n) is 4.57. The van der Waals surface area contributed by atoms with Crippen molar-refractivity contribution < 1.29 is 0 Å². The molecule has 0 aliphatic rings. The Balaban J connectivity index is 1.97. The van der Waals surface area contributed by atoms with E-state index >= 15 is 0 Å². The summed E-state index contributed by atoms with van der Waals surface area (Å²) < 4.78 is 4.94. The molecule has 0 amide bonds. The highest BCUT2D eigenvalue weighted by Gasteiger charge is 2.21. The first kappa shape index (κ1) is 21.1. The maximum Gasteiger partial charge on any atom is 0.278 e. The van der Waals surface area contributed by atoms with Crippen molar-refractivity contribution in [3.8, 4) is 22.4 Å². The molecule has 0 N–H and O–H groups in total. The molecule has 0 atom stereocenters. The van der Waals surface area contributed by atoms with E-state index in [1.807, 2.05) is 72.8 Å². The van der Waals surface area contributed by atoms with Crippen molar-refractivity contribution >= 4 is 53.5 Å². The number of rotatable bonds is 2. The van der Waals surface area contributed by atoms with Gasteiger partial charge < -0.3 is 0 Å². The summed E-state index contributed by atoms with van der Waals surface area (Å²) >= 11 is 7.03. The Morgan fingerprint density at radius 2 is 0.971 bits per heavy atom. The van der Waals surface area contributed by atoms with Crippen LogP contribution in [0.2, 0.25) is 0 Å². The molecule has 4 nitrogen and oxygen atoms in total. The largest absolute Gasteiger partial charge is 0.278 e. The molecule has 0 fully saturated rings. The van der Waals surface area contributed by atoms with Crippen molar-refractivity contribution in [2.45, 2.75) is 0 Å². The molecule has 6 heteroatoms. The molecule has 0 unspecified atom stereocenters. The van der Waals surface area contributed by atoms with Gasteiger partial charge in [-0.3, -0.25) is 9.59 Å². The fourth-order valence-corrected chi connectivity index (χ4v) is 5.10. The number of halogens is 2. The molecular weight excluding hydrogens is 556 g/mol. The minimum atomic E-state index is -0.239. The molecule has 0 radical (unpaired) electrons. The highest BCUT2D eigenvalue weighted by atomic mass is 79.9. The van der Waals surface area contributed by atoms with Crippen LogP contribution in [0.1, 0.15) is 0 Å². The lowest BCUT2D eigenvalue weighted by atomic mass is 9.95. The second-order valence-corrected chi connectivity index (χ2v) is 9.87. The van der Waals surface area contributed by atoms with Gasteiger partial charge in [0.15, 0.2) is 0 Å². The Bertz CT molecular complexity index is 1850. The summed E-state index contributed by atoms with van der Waals surface area (Å²) in [6.07, 6.45) is 0. The molecule has 6 aromatic rings. The second kappa shape index (κ2) is 8.08. The summed E-state index contributed by atoms with van der Waals surface area (Å²) in [5.74, 6) is 0. The summed E-state index contributed by atoms with van der Waals surface area (Å²) in [7, 11) is 0. The van der Waals surface area contributed by atoms with Crippen molar-refractivity contribution in [3.05, 3.63) is 127 Å². The fraction of sp³-hybridized carbons (Fsp3) is 0. The van der Waals surface area contributed by atoms with Crippen LogP contribution in [0.25, 0.3) is 44.1 Å². The van der Waals surface area contributed by atoms with Crippen LogP contribution in [-0.2, 0) is 0 Å². The number of para-hydroxylation sites is 1. The van der Waals surface area contributed by atoms with Gasteiger partial charge in [0.25, 0.3) is 11.1 Å². The number of hydrogen-bond acceptors (Lipinski definition) is 2. The summed E-state index contributed by atoms with van der Waals surface area (Å²) in [6, 6.07) is 30.5. The highest BCUT2D eigenvalue weighted by Crippen LogP contribution is 2.38. The van der Waals surface area contributed by atoms with Crippen LogP contribution >= 0.6 is 31.9 Å². The molecule has 0 saturated heterocycles. The van der Waals surface area contributed by atoms with Gasteiger partial charge in [-0.25, -0.2) is 9.03 Å². The molecular formula is C28H16Br2N2O2. The van der Waals surface area contributed by atoms with Crippen molar-refractivity contribution in [2.24, 2.45) is 0 Å². The predicted molar refractivity (Wildman–Crippen MR) is 145 cm³/mol. The quantitative estimate of drug-likeness (QED) is 0.167. The third-order valence-electron chi connectivity index (χ3n) is 6.07. The minimum absolute atomic E-state index is 0.230. The van der Waals surface area contributed by atoms with E-state index in [1.165, 1.54) is 9.03 Å². The van der Waals surface area contributed by atoms with E-state index in [4.69, 9.17) is 0 Å². The van der Waals surface area contributed by atoms with Gasteiger partial charge in [0.2, 0.25) is 0 Å². The maximum absolute atomic E-state index is 14.0. The van der Waals surface area contributed by atoms with E-state index in [-0.39, 0.29) is 11.1 Å². The number of benzene rings is 4. The number of aromatic nitrogens is 2. The van der Waals surface area contributed by atoms with Crippen LogP contribution < -0.4 is 11.1 Å². The molecule has 2 aromatic heterocycles. The Morgan fingerprint density at radius 3 is 1.56 bits per heavy atom. The van der Waals surface area contributed by atoms with Gasteiger partial charge in [0, 0.05) is 25.5 Å². The van der Waals surface area contributed by atoms with E-state index in [0.29, 0.717) is 22.0 Å². The zero-order valence-corrected chi connectivity index (χ0v) is 20.9. The third-order valence-corrected chi connectivity index (χ3v) is 7.13. The van der Waals surface area contributed by atoms with E-state index in [0.717, 1.165) is 31.0 Å². The molecule has 0 bridgehead atoms. The number of hydrogen-bond donors (Lipinski definition) is 0. The normalized spacial score (nSPS) is 11.5. The van der Waals surface area contributed by atoms with Crippen LogP contribution in [0.15, 0.2) is 116 Å². The SMILES string of the molecule is O=c1c2ccccc2c(=O)n2c3ccccc3c(-c3ccc(Br)cc3)c(-c3ccc(Br)cc3)n12. The zero-order valence-electron chi connectivity index (χ0n) is 17.7. The van der Waals surface area contributed by atoms with Crippen molar-refractivity contribution in [1.29, 1.82) is 0 Å². The highest BCUT2D eigenvalue weighted by molar-refractivity contribution is 9.10. The molecule has 6 rings (SSSR count). The smallest absolute Gasteiger partial charge is 0.267 e. The van der Waals surface area contributed by atoms with E-state index in [1.54, 1.807) is 24.3 Å². The Kier molecular flexibility index (Phi) is 5.01. The van der Waals surface area contributed by atoms with Crippen molar-refractivity contribution in [2.75, 3.05) is 0 Å². The molecule has 0 aliphatic carbocycles. The predicted octanol–water partition coefficient (Wildman–Crippen LogP) is 6.92. The van der Waals surface area contributed by atoms with E-state index in [2.05, 4.69) is 31.9 Å². The molecule has 164 valence electrons. The van der Waals surface area contributed by atoms with Gasteiger partial charge in [0.1, 0.15) is 0 Å². The molecule has 0 spiro atoms. The van der Waals surface area contributed by atoms with Crippen LogP contribution in [0.4, 0.5) is 0 Å². The molecule has 34 heavy (non-hydrogen) atoms.